The minimum atomic E-state index is -3.32. The molecule has 0 radical (unpaired) electrons. The van der Waals surface area contributed by atoms with Gasteiger partial charge in [0.1, 0.15) is 5.75 Å². The highest BCUT2D eigenvalue weighted by Gasteiger charge is 2.12. The maximum atomic E-state index is 11.3. The number of nitrogens with one attached hydrogen (secondary N) is 1. The summed E-state index contributed by atoms with van der Waals surface area (Å²) in [6, 6.07) is 4.83. The molecular formula is C9H11BrN2O3S. The van der Waals surface area contributed by atoms with Crippen molar-refractivity contribution in [2.24, 2.45) is 0 Å². The van der Waals surface area contributed by atoms with E-state index in [2.05, 4.69) is 21.2 Å². The van der Waals surface area contributed by atoms with Crippen LogP contribution in [-0.2, 0) is 14.6 Å². The number of nitrogen functional groups attached to an aromatic ring is 1. The Morgan fingerprint density at radius 3 is 2.62 bits per heavy atom. The molecule has 0 bridgehead atoms. The number of anilines is 2. The van der Waals surface area contributed by atoms with Crippen LogP contribution in [0.5, 0.6) is 0 Å². The quantitative estimate of drug-likeness (QED) is 0.816. The topological polar surface area (TPSA) is 89.3 Å². The third kappa shape index (κ3) is 4.19. The molecule has 0 unspecified atom stereocenters. The number of hydrogen-bond acceptors (Lipinski definition) is 4. The number of carbonyl (C=O) groups is 1. The van der Waals surface area contributed by atoms with E-state index in [4.69, 9.17) is 5.73 Å². The Kier molecular flexibility index (Phi) is 3.93. The molecule has 16 heavy (non-hydrogen) atoms. The molecule has 1 aromatic rings. The lowest BCUT2D eigenvalue weighted by Crippen LogP contribution is -2.22. The highest BCUT2D eigenvalue weighted by Crippen LogP contribution is 2.24. The van der Waals surface area contributed by atoms with Crippen LogP contribution in [0.25, 0.3) is 0 Å². The largest absolute Gasteiger partial charge is 0.399 e. The highest BCUT2D eigenvalue weighted by molar-refractivity contribution is 9.10. The summed E-state index contributed by atoms with van der Waals surface area (Å²) in [5.41, 5.74) is 6.56. The Morgan fingerprint density at radius 2 is 2.12 bits per heavy atom. The fourth-order valence-electron chi connectivity index (χ4n) is 1.06. The maximum absolute atomic E-state index is 11.3. The number of benzene rings is 1. The van der Waals surface area contributed by atoms with Crippen LogP contribution in [-0.4, -0.2) is 26.3 Å². The molecule has 0 spiro atoms. The zero-order valence-corrected chi connectivity index (χ0v) is 10.9. The van der Waals surface area contributed by atoms with Crippen LogP contribution in [0.2, 0.25) is 0 Å². The Hall–Kier alpha value is -1.08. The van der Waals surface area contributed by atoms with Gasteiger partial charge >= 0.3 is 0 Å². The van der Waals surface area contributed by atoms with Crippen molar-refractivity contribution in [3.8, 4) is 0 Å². The average molecular weight is 307 g/mol. The molecular weight excluding hydrogens is 296 g/mol. The maximum Gasteiger partial charge on any atom is 0.239 e. The summed E-state index contributed by atoms with van der Waals surface area (Å²) in [6.07, 6.45) is 1.00. The van der Waals surface area contributed by atoms with Crippen molar-refractivity contribution >= 4 is 43.0 Å². The third-order valence-electron chi connectivity index (χ3n) is 1.66. The number of halogens is 1. The van der Waals surface area contributed by atoms with E-state index >= 15 is 0 Å². The zero-order chi connectivity index (χ0) is 12.3. The normalized spacial score (nSPS) is 11.1. The molecule has 7 heteroatoms. The smallest absolute Gasteiger partial charge is 0.239 e. The lowest BCUT2D eigenvalue weighted by Gasteiger charge is -2.07. The summed E-state index contributed by atoms with van der Waals surface area (Å²) in [5, 5.41) is 2.47. The fraction of sp³-hybridized carbons (Fsp3) is 0.222. The minimum absolute atomic E-state index is 0.489. The lowest BCUT2D eigenvalue weighted by atomic mass is 10.3. The van der Waals surface area contributed by atoms with Crippen LogP contribution in [0.15, 0.2) is 22.7 Å². The van der Waals surface area contributed by atoms with Gasteiger partial charge in [-0.25, -0.2) is 8.42 Å². The van der Waals surface area contributed by atoms with Gasteiger partial charge in [-0.3, -0.25) is 4.79 Å². The standard InChI is InChI=1S/C9H11BrN2O3S/c1-16(14,15)5-9(13)12-8-3-2-6(11)4-7(8)10/h2-4H,5,11H2,1H3,(H,12,13). The molecule has 0 saturated carbocycles. The molecule has 0 aliphatic carbocycles. The molecule has 0 aliphatic rings. The Labute approximate surface area is 102 Å². The second-order valence-corrected chi connectivity index (χ2v) is 6.35. The second kappa shape index (κ2) is 4.84. The molecule has 0 saturated heterocycles. The van der Waals surface area contributed by atoms with E-state index in [1.54, 1.807) is 18.2 Å². The van der Waals surface area contributed by atoms with Crippen LogP contribution in [0.3, 0.4) is 0 Å². The van der Waals surface area contributed by atoms with Gasteiger partial charge in [0.05, 0.1) is 5.69 Å². The van der Waals surface area contributed by atoms with Gasteiger partial charge in [-0.1, -0.05) is 0 Å². The molecule has 0 aliphatic heterocycles. The van der Waals surface area contributed by atoms with Crippen molar-refractivity contribution in [1.29, 1.82) is 0 Å². The average Bonchev–Trinajstić information content (AvgIpc) is 2.06. The molecule has 5 nitrogen and oxygen atoms in total. The predicted molar refractivity (Wildman–Crippen MR) is 66.9 cm³/mol. The van der Waals surface area contributed by atoms with Crippen LogP contribution in [0.1, 0.15) is 0 Å². The van der Waals surface area contributed by atoms with E-state index in [1.165, 1.54) is 0 Å². The van der Waals surface area contributed by atoms with Crippen molar-refractivity contribution in [1.82, 2.24) is 0 Å². The first kappa shape index (κ1) is 13.0. The van der Waals surface area contributed by atoms with E-state index in [9.17, 15) is 13.2 Å². The summed E-state index contributed by atoms with van der Waals surface area (Å²) >= 11 is 3.21. The van der Waals surface area contributed by atoms with Gasteiger partial charge in [-0.2, -0.15) is 0 Å². The number of hydrogen-bond donors (Lipinski definition) is 2. The summed E-state index contributed by atoms with van der Waals surface area (Å²) < 4.78 is 22.4. The van der Waals surface area contributed by atoms with Gasteiger partial charge in [-0.05, 0) is 34.1 Å². The molecule has 1 rings (SSSR count). The van der Waals surface area contributed by atoms with Gasteiger partial charge in [0, 0.05) is 16.4 Å². The molecule has 0 aromatic heterocycles. The zero-order valence-electron chi connectivity index (χ0n) is 8.53. The first-order valence-corrected chi connectivity index (χ1v) is 7.16. The van der Waals surface area contributed by atoms with Crippen LogP contribution in [0, 0.1) is 0 Å². The summed E-state index contributed by atoms with van der Waals surface area (Å²) in [4.78, 5) is 11.3. The molecule has 88 valence electrons. The highest BCUT2D eigenvalue weighted by atomic mass is 79.9. The van der Waals surface area contributed by atoms with E-state index in [0.717, 1.165) is 6.26 Å². The molecule has 3 N–H and O–H groups in total. The number of amides is 1. The van der Waals surface area contributed by atoms with Crippen molar-refractivity contribution in [3.05, 3.63) is 22.7 Å². The number of rotatable bonds is 3. The van der Waals surface area contributed by atoms with Gasteiger partial charge in [-0.15, -0.1) is 0 Å². The molecule has 0 heterocycles. The summed E-state index contributed by atoms with van der Waals surface area (Å²) in [7, 11) is -3.32. The fourth-order valence-corrected chi connectivity index (χ4v) is 2.10. The Bertz CT molecular complexity index is 513. The minimum Gasteiger partial charge on any atom is -0.399 e. The van der Waals surface area contributed by atoms with Crippen LogP contribution in [0.4, 0.5) is 11.4 Å². The molecule has 1 aromatic carbocycles. The monoisotopic (exact) mass is 306 g/mol. The van der Waals surface area contributed by atoms with Gasteiger partial charge in [0.25, 0.3) is 0 Å². The lowest BCUT2D eigenvalue weighted by molar-refractivity contribution is -0.113. The van der Waals surface area contributed by atoms with Crippen molar-refractivity contribution in [3.63, 3.8) is 0 Å². The summed E-state index contributed by atoms with van der Waals surface area (Å²) in [5.74, 6) is -1.11. The van der Waals surface area contributed by atoms with E-state index in [0.29, 0.717) is 15.8 Å². The van der Waals surface area contributed by atoms with E-state index in [-0.39, 0.29) is 0 Å². The van der Waals surface area contributed by atoms with Gasteiger partial charge in [0.2, 0.25) is 5.91 Å². The van der Waals surface area contributed by atoms with Crippen molar-refractivity contribution in [2.45, 2.75) is 0 Å². The van der Waals surface area contributed by atoms with Crippen molar-refractivity contribution in [2.75, 3.05) is 23.1 Å². The summed E-state index contributed by atoms with van der Waals surface area (Å²) in [6.45, 7) is 0. The van der Waals surface area contributed by atoms with Crippen LogP contribution >= 0.6 is 15.9 Å². The second-order valence-electron chi connectivity index (χ2n) is 3.36. The number of carbonyl (C=O) groups excluding carboxylic acids is 1. The first-order valence-electron chi connectivity index (χ1n) is 4.30. The first-order chi connectivity index (χ1) is 7.28. The van der Waals surface area contributed by atoms with Gasteiger partial charge in [0.15, 0.2) is 9.84 Å². The number of nitrogens with two attached hydrogens (primary N) is 1. The Morgan fingerprint density at radius 1 is 1.50 bits per heavy atom. The molecule has 1 amide bonds. The van der Waals surface area contributed by atoms with E-state index in [1.807, 2.05) is 0 Å². The predicted octanol–water partition coefficient (Wildman–Crippen LogP) is 1.01. The molecule has 0 atom stereocenters. The Balaban J connectivity index is 2.78. The SMILES string of the molecule is CS(=O)(=O)CC(=O)Nc1ccc(N)cc1Br. The van der Waals surface area contributed by atoms with Crippen molar-refractivity contribution < 1.29 is 13.2 Å². The number of sulfone groups is 1. The van der Waals surface area contributed by atoms with Crippen LogP contribution < -0.4 is 11.1 Å². The van der Waals surface area contributed by atoms with E-state index < -0.39 is 21.5 Å². The third-order valence-corrected chi connectivity index (χ3v) is 3.10. The molecule has 0 fully saturated rings. The van der Waals surface area contributed by atoms with Gasteiger partial charge < -0.3 is 11.1 Å².